The normalized spacial score (nSPS) is 17.8. The maximum absolute atomic E-state index is 4.68. The molecular weight excluding hydrogens is 196 g/mol. The van der Waals surface area contributed by atoms with Gasteiger partial charge in [-0.25, -0.2) is 0 Å². The van der Waals surface area contributed by atoms with Gasteiger partial charge < -0.3 is 4.98 Å². The third-order valence-corrected chi connectivity index (χ3v) is 3.37. The number of hydrogen-bond donors (Lipinski definition) is 1. The SMILES string of the molecule is C(=NC1CCCC1)c1cccc2cc[nH]c12. The number of aromatic nitrogens is 1. The Hall–Kier alpha value is -1.57. The number of hydrogen-bond acceptors (Lipinski definition) is 1. The molecule has 0 atom stereocenters. The zero-order valence-electron chi connectivity index (χ0n) is 9.32. The Morgan fingerprint density at radius 3 is 2.94 bits per heavy atom. The number of nitrogens with one attached hydrogen (secondary N) is 1. The molecule has 0 saturated heterocycles. The van der Waals surface area contributed by atoms with E-state index in [0.717, 1.165) is 0 Å². The first kappa shape index (κ1) is 9.64. The van der Waals surface area contributed by atoms with Crippen LogP contribution >= 0.6 is 0 Å². The van der Waals surface area contributed by atoms with Gasteiger partial charge in [-0.05, 0) is 18.9 Å². The van der Waals surface area contributed by atoms with Crippen molar-refractivity contribution in [3.63, 3.8) is 0 Å². The second-order valence-electron chi connectivity index (χ2n) is 4.51. The molecule has 1 aliphatic rings. The van der Waals surface area contributed by atoms with Gasteiger partial charge in [-0.2, -0.15) is 0 Å². The second kappa shape index (κ2) is 4.12. The highest BCUT2D eigenvalue weighted by molar-refractivity contribution is 5.97. The predicted octanol–water partition coefficient (Wildman–Crippen LogP) is 3.53. The average Bonchev–Trinajstić information content (AvgIpc) is 2.97. The molecule has 1 fully saturated rings. The van der Waals surface area contributed by atoms with Crippen molar-refractivity contribution in [3.05, 3.63) is 36.0 Å². The van der Waals surface area contributed by atoms with Crippen LogP contribution in [-0.2, 0) is 0 Å². The van der Waals surface area contributed by atoms with Gasteiger partial charge in [-0.15, -0.1) is 0 Å². The van der Waals surface area contributed by atoms with Gasteiger partial charge in [0.2, 0.25) is 0 Å². The number of aromatic amines is 1. The van der Waals surface area contributed by atoms with Crippen LogP contribution in [0.5, 0.6) is 0 Å². The lowest BCUT2D eigenvalue weighted by Crippen LogP contribution is -1.96. The lowest BCUT2D eigenvalue weighted by Gasteiger charge is -2.01. The van der Waals surface area contributed by atoms with Crippen molar-refractivity contribution < 1.29 is 0 Å². The molecule has 1 aromatic heterocycles. The highest BCUT2D eigenvalue weighted by Crippen LogP contribution is 2.21. The fraction of sp³-hybridized carbons (Fsp3) is 0.357. The minimum Gasteiger partial charge on any atom is -0.361 e. The van der Waals surface area contributed by atoms with E-state index in [2.05, 4.69) is 34.2 Å². The molecular formula is C14H16N2. The maximum atomic E-state index is 4.68. The van der Waals surface area contributed by atoms with E-state index in [9.17, 15) is 0 Å². The Balaban J connectivity index is 1.90. The van der Waals surface area contributed by atoms with Crippen molar-refractivity contribution in [3.8, 4) is 0 Å². The molecule has 2 nitrogen and oxygen atoms in total. The summed E-state index contributed by atoms with van der Waals surface area (Å²) in [5, 5.41) is 1.26. The van der Waals surface area contributed by atoms with Crippen LogP contribution in [0, 0.1) is 0 Å². The molecule has 16 heavy (non-hydrogen) atoms. The molecule has 0 bridgehead atoms. The Morgan fingerprint density at radius 2 is 2.06 bits per heavy atom. The van der Waals surface area contributed by atoms with Crippen LogP contribution in [0.1, 0.15) is 31.2 Å². The highest BCUT2D eigenvalue weighted by atomic mass is 14.8. The van der Waals surface area contributed by atoms with Gasteiger partial charge in [-0.1, -0.05) is 31.0 Å². The molecule has 1 heterocycles. The van der Waals surface area contributed by atoms with Crippen molar-refractivity contribution in [2.45, 2.75) is 31.7 Å². The summed E-state index contributed by atoms with van der Waals surface area (Å²) in [7, 11) is 0. The molecule has 0 unspecified atom stereocenters. The number of aliphatic imine (C=N–C) groups is 1. The first-order valence-corrected chi connectivity index (χ1v) is 6.03. The first-order chi connectivity index (χ1) is 7.93. The summed E-state index contributed by atoms with van der Waals surface area (Å²) in [6.45, 7) is 0. The van der Waals surface area contributed by atoms with Crippen molar-refractivity contribution in [2.75, 3.05) is 0 Å². The third-order valence-electron chi connectivity index (χ3n) is 3.37. The molecule has 1 saturated carbocycles. The van der Waals surface area contributed by atoms with Crippen molar-refractivity contribution in [1.82, 2.24) is 4.98 Å². The van der Waals surface area contributed by atoms with E-state index in [1.807, 2.05) is 12.4 Å². The molecule has 82 valence electrons. The highest BCUT2D eigenvalue weighted by Gasteiger charge is 2.12. The molecule has 1 aromatic carbocycles. The topological polar surface area (TPSA) is 28.1 Å². The van der Waals surface area contributed by atoms with Gasteiger partial charge in [-0.3, -0.25) is 4.99 Å². The Bertz CT molecular complexity index is 504. The lowest BCUT2D eigenvalue weighted by molar-refractivity contribution is 0.710. The van der Waals surface area contributed by atoms with Crippen LogP contribution in [-0.4, -0.2) is 17.2 Å². The Morgan fingerprint density at radius 1 is 1.19 bits per heavy atom. The zero-order valence-corrected chi connectivity index (χ0v) is 9.32. The van der Waals surface area contributed by atoms with Gasteiger partial charge in [0, 0.05) is 29.4 Å². The van der Waals surface area contributed by atoms with Gasteiger partial charge >= 0.3 is 0 Å². The van der Waals surface area contributed by atoms with Crippen LogP contribution < -0.4 is 0 Å². The van der Waals surface area contributed by atoms with Crippen LogP contribution in [0.4, 0.5) is 0 Å². The third kappa shape index (κ3) is 1.75. The van der Waals surface area contributed by atoms with Crippen molar-refractivity contribution in [2.24, 2.45) is 4.99 Å². The van der Waals surface area contributed by atoms with Gasteiger partial charge in [0.1, 0.15) is 0 Å². The first-order valence-electron chi connectivity index (χ1n) is 6.03. The molecule has 3 rings (SSSR count). The Kier molecular flexibility index (Phi) is 2.49. The summed E-state index contributed by atoms with van der Waals surface area (Å²) in [6, 6.07) is 9.00. The van der Waals surface area contributed by atoms with E-state index < -0.39 is 0 Å². The summed E-state index contributed by atoms with van der Waals surface area (Å²) >= 11 is 0. The number of fused-ring (bicyclic) bond motifs is 1. The summed E-state index contributed by atoms with van der Waals surface area (Å²) < 4.78 is 0. The van der Waals surface area contributed by atoms with Gasteiger partial charge in [0.25, 0.3) is 0 Å². The van der Waals surface area contributed by atoms with Crippen LogP contribution in [0.15, 0.2) is 35.5 Å². The van der Waals surface area contributed by atoms with E-state index >= 15 is 0 Å². The summed E-state index contributed by atoms with van der Waals surface area (Å²) in [5.74, 6) is 0. The number of benzene rings is 1. The lowest BCUT2D eigenvalue weighted by atomic mass is 10.1. The largest absolute Gasteiger partial charge is 0.361 e. The number of para-hydroxylation sites is 1. The smallest absolute Gasteiger partial charge is 0.0542 e. The van der Waals surface area contributed by atoms with Gasteiger partial charge in [0.15, 0.2) is 0 Å². The predicted molar refractivity (Wildman–Crippen MR) is 68.1 cm³/mol. The standard InChI is InChI=1S/C14H16N2/c1-2-7-13(6-1)16-10-12-5-3-4-11-8-9-15-14(11)12/h3-5,8-10,13,15H,1-2,6-7H2. The van der Waals surface area contributed by atoms with E-state index in [0.29, 0.717) is 6.04 Å². The number of nitrogens with zero attached hydrogens (tertiary/aromatic N) is 1. The van der Waals surface area contributed by atoms with Crippen molar-refractivity contribution >= 4 is 17.1 Å². The summed E-state index contributed by atoms with van der Waals surface area (Å²) in [5.41, 5.74) is 2.40. The molecule has 1 N–H and O–H groups in total. The number of rotatable bonds is 2. The second-order valence-corrected chi connectivity index (χ2v) is 4.51. The van der Waals surface area contributed by atoms with Crippen LogP contribution in [0.2, 0.25) is 0 Å². The van der Waals surface area contributed by atoms with Crippen LogP contribution in [0.25, 0.3) is 10.9 Å². The van der Waals surface area contributed by atoms with Crippen molar-refractivity contribution in [1.29, 1.82) is 0 Å². The average molecular weight is 212 g/mol. The minimum absolute atomic E-state index is 0.560. The van der Waals surface area contributed by atoms with Crippen LogP contribution in [0.3, 0.4) is 0 Å². The maximum Gasteiger partial charge on any atom is 0.0542 e. The summed E-state index contributed by atoms with van der Waals surface area (Å²) in [6.07, 6.45) is 9.23. The number of H-pyrrole nitrogens is 1. The Labute approximate surface area is 95.4 Å². The fourth-order valence-corrected chi connectivity index (χ4v) is 2.46. The van der Waals surface area contributed by atoms with E-state index in [1.165, 1.54) is 42.1 Å². The summed E-state index contributed by atoms with van der Waals surface area (Å²) in [4.78, 5) is 7.95. The zero-order chi connectivity index (χ0) is 10.8. The molecule has 1 aliphatic carbocycles. The van der Waals surface area contributed by atoms with Gasteiger partial charge in [0.05, 0.1) is 5.52 Å². The molecule has 2 aromatic rings. The molecule has 0 amide bonds. The molecule has 2 heteroatoms. The minimum atomic E-state index is 0.560. The molecule has 0 aliphatic heterocycles. The monoisotopic (exact) mass is 212 g/mol. The fourth-order valence-electron chi connectivity index (χ4n) is 2.46. The van der Waals surface area contributed by atoms with E-state index in [4.69, 9.17) is 0 Å². The molecule has 0 spiro atoms. The molecule has 0 radical (unpaired) electrons. The quantitative estimate of drug-likeness (QED) is 0.738. The van der Waals surface area contributed by atoms with E-state index in [1.54, 1.807) is 0 Å². The van der Waals surface area contributed by atoms with E-state index in [-0.39, 0.29) is 0 Å².